The lowest BCUT2D eigenvalue weighted by Crippen LogP contribution is -1.96. The van der Waals surface area contributed by atoms with Gasteiger partial charge in [-0.15, -0.1) is 0 Å². The highest BCUT2D eigenvalue weighted by atomic mass is 15.0. The molecular weight excluding hydrogens is 773 g/mol. The summed E-state index contributed by atoms with van der Waals surface area (Å²) in [6, 6.07) is 89.1. The molecule has 0 aliphatic carbocycles. The van der Waals surface area contributed by atoms with Gasteiger partial charge in [0, 0.05) is 44.0 Å². The maximum Gasteiger partial charge on any atom is 0.0619 e. The number of nitrogens with zero attached hydrogens (tertiary/aromatic N) is 2. The van der Waals surface area contributed by atoms with Crippen LogP contribution in [0.15, 0.2) is 243 Å². The Morgan fingerprint density at radius 2 is 0.578 bits per heavy atom. The van der Waals surface area contributed by atoms with Crippen LogP contribution in [-0.2, 0) is 0 Å². The molecule has 11 aromatic carbocycles. The molecule has 0 N–H and O–H groups in total. The summed E-state index contributed by atoms with van der Waals surface area (Å²) in [5.74, 6) is 0. The molecule has 0 saturated heterocycles. The first kappa shape index (κ1) is 36.2. The van der Waals surface area contributed by atoms with Gasteiger partial charge >= 0.3 is 0 Å². The lowest BCUT2D eigenvalue weighted by Gasteiger charge is -2.19. The lowest BCUT2D eigenvalue weighted by molar-refractivity contribution is 1.18. The van der Waals surface area contributed by atoms with E-state index in [9.17, 15) is 0 Å². The average molecular weight is 813 g/mol. The van der Waals surface area contributed by atoms with Gasteiger partial charge in [-0.2, -0.15) is 0 Å². The summed E-state index contributed by atoms with van der Waals surface area (Å²) < 4.78 is 4.91. The molecule has 0 atom stereocenters. The zero-order chi connectivity index (χ0) is 42.1. The minimum absolute atomic E-state index is 1.15. The van der Waals surface area contributed by atoms with Crippen LogP contribution < -0.4 is 0 Å². The Balaban J connectivity index is 1.15. The van der Waals surface area contributed by atoms with Crippen molar-refractivity contribution in [2.45, 2.75) is 0 Å². The number of rotatable bonds is 6. The first-order valence-electron chi connectivity index (χ1n) is 22.1. The third kappa shape index (κ3) is 5.53. The van der Waals surface area contributed by atoms with Crippen LogP contribution in [0.3, 0.4) is 0 Å². The molecule has 64 heavy (non-hydrogen) atoms. The van der Waals surface area contributed by atoms with E-state index in [1.807, 2.05) is 0 Å². The largest absolute Gasteiger partial charge is 0.309 e. The minimum Gasteiger partial charge on any atom is -0.309 e. The van der Waals surface area contributed by atoms with Gasteiger partial charge in [0.2, 0.25) is 0 Å². The molecule has 0 bridgehead atoms. The summed E-state index contributed by atoms with van der Waals surface area (Å²) in [5.41, 5.74) is 16.8. The number of para-hydroxylation sites is 6. The number of aromatic nitrogens is 2. The minimum atomic E-state index is 1.15. The van der Waals surface area contributed by atoms with Gasteiger partial charge in [-0.25, -0.2) is 0 Å². The SMILES string of the molecule is c1ccc(-c2ccc(-c3c4cccc(-c5cccc6c7ccccc7n(-c7ccccc7)c56)c4cc4c(-c5cccc6c7ccccc7n(-c7ccccc7)c56)cccc34)cc2)cc1. The van der Waals surface area contributed by atoms with Crippen LogP contribution in [0, 0.1) is 0 Å². The van der Waals surface area contributed by atoms with Crippen LogP contribution in [0.25, 0.3) is 121 Å². The maximum atomic E-state index is 2.49. The topological polar surface area (TPSA) is 9.86 Å². The van der Waals surface area contributed by atoms with E-state index in [1.165, 1.54) is 110 Å². The highest BCUT2D eigenvalue weighted by molar-refractivity contribution is 6.23. The van der Waals surface area contributed by atoms with Gasteiger partial charge in [-0.05, 0) is 97.4 Å². The Morgan fingerprint density at radius 1 is 0.219 bits per heavy atom. The van der Waals surface area contributed by atoms with Gasteiger partial charge in [0.15, 0.2) is 0 Å². The molecule has 0 amide bonds. The summed E-state index contributed by atoms with van der Waals surface area (Å²) >= 11 is 0. The fraction of sp³-hybridized carbons (Fsp3) is 0. The fourth-order valence-electron chi connectivity index (χ4n) is 10.6. The predicted molar refractivity (Wildman–Crippen MR) is 272 cm³/mol. The normalized spacial score (nSPS) is 11.8. The zero-order valence-corrected chi connectivity index (χ0v) is 35.0. The third-order valence-electron chi connectivity index (χ3n) is 13.3. The van der Waals surface area contributed by atoms with Gasteiger partial charge in [-0.3, -0.25) is 0 Å². The Kier molecular flexibility index (Phi) is 8.25. The average Bonchev–Trinajstić information content (AvgIpc) is 3.90. The van der Waals surface area contributed by atoms with Gasteiger partial charge < -0.3 is 9.13 Å². The second-order valence-electron chi connectivity index (χ2n) is 16.8. The van der Waals surface area contributed by atoms with Crippen molar-refractivity contribution in [3.05, 3.63) is 243 Å². The summed E-state index contributed by atoms with van der Waals surface area (Å²) in [6.45, 7) is 0. The molecule has 0 fully saturated rings. The van der Waals surface area contributed by atoms with Crippen molar-refractivity contribution in [1.82, 2.24) is 9.13 Å². The molecule has 13 rings (SSSR count). The van der Waals surface area contributed by atoms with Crippen LogP contribution in [-0.4, -0.2) is 9.13 Å². The Hall–Kier alpha value is -8.46. The highest BCUT2D eigenvalue weighted by Crippen LogP contribution is 2.47. The second-order valence-corrected chi connectivity index (χ2v) is 16.8. The molecule has 0 aliphatic heterocycles. The Labute approximate surface area is 371 Å². The molecule has 0 aliphatic rings. The summed E-state index contributed by atoms with van der Waals surface area (Å²) in [6.07, 6.45) is 0. The fourth-order valence-corrected chi connectivity index (χ4v) is 10.6. The van der Waals surface area contributed by atoms with E-state index >= 15 is 0 Å². The number of fused-ring (bicyclic) bond motifs is 8. The highest BCUT2D eigenvalue weighted by Gasteiger charge is 2.22. The zero-order valence-electron chi connectivity index (χ0n) is 35.0. The van der Waals surface area contributed by atoms with Gasteiger partial charge in [0.25, 0.3) is 0 Å². The van der Waals surface area contributed by atoms with E-state index < -0.39 is 0 Å². The first-order chi connectivity index (χ1) is 31.8. The number of hydrogen-bond acceptors (Lipinski definition) is 0. The van der Waals surface area contributed by atoms with Crippen LogP contribution in [0.5, 0.6) is 0 Å². The quantitative estimate of drug-likeness (QED) is 0.148. The first-order valence-corrected chi connectivity index (χ1v) is 22.1. The van der Waals surface area contributed by atoms with Crippen molar-refractivity contribution in [2.24, 2.45) is 0 Å². The summed E-state index contributed by atoms with van der Waals surface area (Å²) in [7, 11) is 0. The monoisotopic (exact) mass is 812 g/mol. The predicted octanol–water partition coefficient (Wildman–Crippen LogP) is 16.9. The summed E-state index contributed by atoms with van der Waals surface area (Å²) in [4.78, 5) is 0. The maximum absolute atomic E-state index is 2.49. The molecule has 2 nitrogen and oxygen atoms in total. The van der Waals surface area contributed by atoms with Crippen LogP contribution in [0.1, 0.15) is 0 Å². The Morgan fingerprint density at radius 3 is 1.06 bits per heavy atom. The number of hydrogen-bond donors (Lipinski definition) is 0. The molecule has 0 unspecified atom stereocenters. The van der Waals surface area contributed by atoms with E-state index in [2.05, 4.69) is 252 Å². The van der Waals surface area contributed by atoms with Crippen molar-refractivity contribution >= 4 is 65.2 Å². The van der Waals surface area contributed by atoms with Crippen molar-refractivity contribution in [3.8, 4) is 55.9 Å². The van der Waals surface area contributed by atoms with Gasteiger partial charge in [0.05, 0.1) is 22.1 Å². The van der Waals surface area contributed by atoms with E-state index in [4.69, 9.17) is 0 Å². The summed E-state index contributed by atoms with van der Waals surface area (Å²) in [5, 5.41) is 9.88. The second kappa shape index (κ2) is 14.6. The Bertz CT molecular complexity index is 3700. The molecule has 2 heterocycles. The molecule has 298 valence electrons. The van der Waals surface area contributed by atoms with Crippen LogP contribution >= 0.6 is 0 Å². The molecule has 2 aromatic heterocycles. The third-order valence-corrected chi connectivity index (χ3v) is 13.3. The van der Waals surface area contributed by atoms with E-state index in [0.29, 0.717) is 0 Å². The molecular formula is C62H40N2. The smallest absolute Gasteiger partial charge is 0.0619 e. The van der Waals surface area contributed by atoms with Gasteiger partial charge in [-0.1, -0.05) is 200 Å². The van der Waals surface area contributed by atoms with Crippen LogP contribution in [0.2, 0.25) is 0 Å². The van der Waals surface area contributed by atoms with E-state index in [-0.39, 0.29) is 0 Å². The van der Waals surface area contributed by atoms with Crippen LogP contribution in [0.4, 0.5) is 0 Å². The van der Waals surface area contributed by atoms with E-state index in [1.54, 1.807) is 0 Å². The van der Waals surface area contributed by atoms with E-state index in [0.717, 1.165) is 11.4 Å². The molecule has 0 radical (unpaired) electrons. The van der Waals surface area contributed by atoms with Gasteiger partial charge in [0.1, 0.15) is 0 Å². The molecule has 0 spiro atoms. The molecule has 2 heteroatoms. The standard InChI is InChI=1S/C62H40N2/c1-4-18-41(19-5-1)42-36-38-43(39-37-42)60-50-28-14-26-46(52-30-16-32-54-48-24-10-12-34-58(48)63(61(52)54)44-20-6-2-7-21-44)56(50)40-57-47(27-15-29-51(57)60)53-31-17-33-55-49-25-11-13-35-59(49)64(62(53)55)45-22-8-3-9-23-45/h1-40H. The molecule has 0 saturated carbocycles. The van der Waals surface area contributed by atoms with Crippen molar-refractivity contribution in [2.75, 3.05) is 0 Å². The number of benzene rings is 11. The van der Waals surface area contributed by atoms with Crippen molar-refractivity contribution in [3.63, 3.8) is 0 Å². The lowest BCUT2D eigenvalue weighted by atomic mass is 9.85. The van der Waals surface area contributed by atoms with Crippen molar-refractivity contribution in [1.29, 1.82) is 0 Å². The van der Waals surface area contributed by atoms with Crippen molar-refractivity contribution < 1.29 is 0 Å². The molecule has 13 aromatic rings.